The van der Waals surface area contributed by atoms with Gasteiger partial charge in [0.05, 0.1) is 11.8 Å². The molecule has 2 rings (SSSR count). The number of hydrogen-bond acceptors (Lipinski definition) is 6. The second kappa shape index (κ2) is 6.02. The largest absolute Gasteiger partial charge is 0.345 e. The van der Waals surface area contributed by atoms with Crippen LogP contribution >= 0.6 is 23.5 Å². The van der Waals surface area contributed by atoms with Crippen molar-refractivity contribution >= 4 is 34.5 Å². The first-order chi connectivity index (χ1) is 8.25. The molecule has 2 heterocycles. The van der Waals surface area contributed by atoms with Crippen LogP contribution in [0.3, 0.4) is 0 Å². The highest BCUT2D eigenvalue weighted by Gasteiger charge is 2.26. The summed E-state index contributed by atoms with van der Waals surface area (Å²) in [5, 5.41) is 3.33. The van der Waals surface area contributed by atoms with Crippen molar-refractivity contribution < 1.29 is 9.59 Å². The maximum atomic E-state index is 11.6. The van der Waals surface area contributed by atoms with E-state index in [-0.39, 0.29) is 22.8 Å². The molecule has 17 heavy (non-hydrogen) atoms. The van der Waals surface area contributed by atoms with E-state index in [0.29, 0.717) is 5.16 Å². The Hall–Kier alpha value is -1.08. The molecule has 7 heteroatoms. The van der Waals surface area contributed by atoms with Crippen LogP contribution in [0.4, 0.5) is 0 Å². The summed E-state index contributed by atoms with van der Waals surface area (Å²) in [6.45, 7) is 0. The number of aromatic nitrogens is 2. The third kappa shape index (κ3) is 3.71. The normalized spacial score (nSPS) is 19.3. The molecule has 1 N–H and O–H groups in total. The fourth-order valence-corrected chi connectivity index (χ4v) is 2.90. The molecule has 90 valence electrons. The Bertz CT molecular complexity index is 413. The van der Waals surface area contributed by atoms with Gasteiger partial charge in [0.2, 0.25) is 11.0 Å². The molecular formula is C10H11N3O2S2. The van der Waals surface area contributed by atoms with Crippen molar-refractivity contribution in [1.82, 2.24) is 15.3 Å². The van der Waals surface area contributed by atoms with Gasteiger partial charge in [-0.2, -0.15) is 0 Å². The summed E-state index contributed by atoms with van der Waals surface area (Å²) in [6, 6.07) is 1.41. The summed E-state index contributed by atoms with van der Waals surface area (Å²) < 4.78 is 0. The second-order valence-electron chi connectivity index (χ2n) is 3.40. The summed E-state index contributed by atoms with van der Waals surface area (Å²) in [6.07, 6.45) is 3.98. The Morgan fingerprint density at radius 1 is 1.53 bits per heavy atom. The minimum atomic E-state index is -0.315. The Balaban J connectivity index is 1.76. The van der Waals surface area contributed by atoms with E-state index in [1.807, 2.05) is 0 Å². The van der Waals surface area contributed by atoms with Crippen molar-refractivity contribution in [1.29, 1.82) is 0 Å². The van der Waals surface area contributed by atoms with Crippen LogP contribution in [0, 0.1) is 0 Å². The SMILES string of the molecule is O=C(CSc1ncccn1)N[C@H]1CCSC1=O. The standard InChI is InChI=1S/C10H11N3O2S2/c14-8(13-7-2-5-16-9(7)15)6-17-10-11-3-1-4-12-10/h1,3-4,7H,2,5-6H2,(H,13,14)/t7-/m0/s1. The van der Waals surface area contributed by atoms with Crippen LogP contribution in [-0.2, 0) is 9.59 Å². The molecule has 1 atom stereocenters. The lowest BCUT2D eigenvalue weighted by Gasteiger charge is -2.09. The molecule has 1 aromatic rings. The zero-order valence-electron chi connectivity index (χ0n) is 8.96. The summed E-state index contributed by atoms with van der Waals surface area (Å²) >= 11 is 2.54. The third-order valence-corrected chi connectivity index (χ3v) is 4.03. The molecule has 0 aliphatic carbocycles. The van der Waals surface area contributed by atoms with Gasteiger partial charge < -0.3 is 5.32 Å². The Kier molecular flexibility index (Phi) is 4.38. The van der Waals surface area contributed by atoms with Crippen LogP contribution in [0.2, 0.25) is 0 Å². The molecule has 0 spiro atoms. The van der Waals surface area contributed by atoms with Crippen LogP contribution in [0.5, 0.6) is 0 Å². The van der Waals surface area contributed by atoms with Gasteiger partial charge in [-0.15, -0.1) is 0 Å². The zero-order valence-corrected chi connectivity index (χ0v) is 10.6. The summed E-state index contributed by atoms with van der Waals surface area (Å²) in [5.41, 5.74) is 0. The van der Waals surface area contributed by atoms with Gasteiger partial charge in [-0.25, -0.2) is 9.97 Å². The number of hydrogen-bond donors (Lipinski definition) is 1. The molecule has 1 fully saturated rings. The summed E-state index contributed by atoms with van der Waals surface area (Å²) in [4.78, 5) is 30.9. The van der Waals surface area contributed by atoms with E-state index in [1.54, 1.807) is 18.5 Å². The Labute approximate surface area is 107 Å². The van der Waals surface area contributed by atoms with Crippen molar-refractivity contribution in [2.24, 2.45) is 0 Å². The molecule has 1 amide bonds. The lowest BCUT2D eigenvalue weighted by molar-refractivity contribution is -0.122. The lowest BCUT2D eigenvalue weighted by Crippen LogP contribution is -2.38. The fraction of sp³-hybridized carbons (Fsp3) is 0.400. The van der Waals surface area contributed by atoms with E-state index < -0.39 is 0 Å². The minimum Gasteiger partial charge on any atom is -0.345 e. The molecule has 1 aliphatic rings. The first-order valence-corrected chi connectivity index (χ1v) is 7.08. The average molecular weight is 269 g/mol. The van der Waals surface area contributed by atoms with E-state index in [2.05, 4.69) is 15.3 Å². The highest BCUT2D eigenvalue weighted by Crippen LogP contribution is 2.19. The fourth-order valence-electron chi connectivity index (χ4n) is 1.35. The molecular weight excluding hydrogens is 258 g/mol. The van der Waals surface area contributed by atoms with E-state index in [9.17, 15) is 9.59 Å². The molecule has 0 aromatic carbocycles. The average Bonchev–Trinajstić information content (AvgIpc) is 2.74. The van der Waals surface area contributed by atoms with Gasteiger partial charge in [0.15, 0.2) is 5.16 Å². The summed E-state index contributed by atoms with van der Waals surface area (Å²) in [5.74, 6) is 0.875. The molecule has 0 saturated carbocycles. The molecule has 0 bridgehead atoms. The van der Waals surface area contributed by atoms with E-state index in [0.717, 1.165) is 12.2 Å². The van der Waals surface area contributed by atoms with Gasteiger partial charge in [-0.1, -0.05) is 23.5 Å². The van der Waals surface area contributed by atoms with Gasteiger partial charge in [0.25, 0.3) is 0 Å². The van der Waals surface area contributed by atoms with E-state index in [4.69, 9.17) is 0 Å². The van der Waals surface area contributed by atoms with Crippen molar-refractivity contribution in [3.63, 3.8) is 0 Å². The van der Waals surface area contributed by atoms with Crippen LogP contribution in [0.15, 0.2) is 23.6 Å². The predicted molar refractivity (Wildman–Crippen MR) is 66.8 cm³/mol. The van der Waals surface area contributed by atoms with Gasteiger partial charge >= 0.3 is 0 Å². The third-order valence-electron chi connectivity index (χ3n) is 2.15. The Morgan fingerprint density at radius 3 is 2.94 bits per heavy atom. The topological polar surface area (TPSA) is 72.0 Å². The van der Waals surface area contributed by atoms with Gasteiger partial charge in [-0.05, 0) is 12.5 Å². The maximum absolute atomic E-state index is 11.6. The molecule has 1 aromatic heterocycles. The smallest absolute Gasteiger partial charge is 0.231 e. The maximum Gasteiger partial charge on any atom is 0.231 e. The molecule has 5 nitrogen and oxygen atoms in total. The lowest BCUT2D eigenvalue weighted by atomic mass is 10.2. The molecule has 1 saturated heterocycles. The van der Waals surface area contributed by atoms with Crippen molar-refractivity contribution in [3.8, 4) is 0 Å². The number of thioether (sulfide) groups is 2. The van der Waals surface area contributed by atoms with Crippen LogP contribution < -0.4 is 5.32 Å². The molecule has 0 radical (unpaired) electrons. The highest BCUT2D eigenvalue weighted by molar-refractivity contribution is 8.14. The quantitative estimate of drug-likeness (QED) is 0.641. The number of nitrogens with one attached hydrogen (secondary N) is 1. The molecule has 0 unspecified atom stereocenters. The highest BCUT2D eigenvalue weighted by atomic mass is 32.2. The zero-order chi connectivity index (χ0) is 12.1. The predicted octanol–water partition coefficient (Wildman–Crippen LogP) is 0.717. The Morgan fingerprint density at radius 2 is 2.29 bits per heavy atom. The second-order valence-corrected chi connectivity index (χ2v) is 5.44. The minimum absolute atomic E-state index is 0.0549. The van der Waals surface area contributed by atoms with Crippen LogP contribution in [0.1, 0.15) is 6.42 Å². The number of carbonyl (C=O) groups excluding carboxylic acids is 2. The van der Waals surface area contributed by atoms with Crippen molar-refractivity contribution in [3.05, 3.63) is 18.5 Å². The first-order valence-electron chi connectivity index (χ1n) is 5.11. The molecule has 1 aliphatic heterocycles. The monoisotopic (exact) mass is 269 g/mol. The van der Waals surface area contributed by atoms with Gasteiger partial charge in [0.1, 0.15) is 0 Å². The van der Waals surface area contributed by atoms with Crippen LogP contribution in [-0.4, -0.2) is 38.5 Å². The number of nitrogens with zero attached hydrogens (tertiary/aromatic N) is 2. The first kappa shape index (κ1) is 12.4. The van der Waals surface area contributed by atoms with Gasteiger partial charge in [-0.3, -0.25) is 9.59 Å². The number of amides is 1. The van der Waals surface area contributed by atoms with E-state index in [1.165, 1.54) is 23.5 Å². The van der Waals surface area contributed by atoms with Crippen LogP contribution in [0.25, 0.3) is 0 Å². The summed E-state index contributed by atoms with van der Waals surface area (Å²) in [7, 11) is 0. The van der Waals surface area contributed by atoms with Crippen molar-refractivity contribution in [2.45, 2.75) is 17.6 Å². The van der Waals surface area contributed by atoms with Gasteiger partial charge in [0, 0.05) is 18.1 Å². The van der Waals surface area contributed by atoms with E-state index >= 15 is 0 Å². The number of rotatable bonds is 4. The van der Waals surface area contributed by atoms with Crippen molar-refractivity contribution in [2.75, 3.05) is 11.5 Å². The number of carbonyl (C=O) groups is 2.